The first kappa shape index (κ1) is 19.4. The number of benzene rings is 2. The summed E-state index contributed by atoms with van der Waals surface area (Å²) >= 11 is 6.03. The Morgan fingerprint density at radius 1 is 1.23 bits per heavy atom. The molecule has 1 N–H and O–H groups in total. The van der Waals surface area contributed by atoms with E-state index in [4.69, 9.17) is 25.3 Å². The molecule has 0 unspecified atom stereocenters. The lowest BCUT2D eigenvalue weighted by Gasteiger charge is -2.09. The Morgan fingerprint density at radius 3 is 2.93 bits per heavy atom. The maximum absolute atomic E-state index is 12.4. The fourth-order valence-corrected chi connectivity index (χ4v) is 2.90. The van der Waals surface area contributed by atoms with Crippen LogP contribution in [0.3, 0.4) is 0 Å². The predicted octanol–water partition coefficient (Wildman–Crippen LogP) is 3.63. The Hall–Kier alpha value is -3.91. The molecule has 30 heavy (non-hydrogen) atoms. The van der Waals surface area contributed by atoms with Crippen LogP contribution in [0.25, 0.3) is 22.1 Å². The zero-order chi connectivity index (χ0) is 20.9. The molecule has 4 aromatic rings. The first-order chi connectivity index (χ1) is 14.6. The summed E-state index contributed by atoms with van der Waals surface area (Å²) in [6.07, 6.45) is 5.47. The van der Waals surface area contributed by atoms with Crippen LogP contribution in [-0.2, 0) is 4.79 Å². The van der Waals surface area contributed by atoms with Crippen LogP contribution in [0.2, 0.25) is 5.02 Å². The van der Waals surface area contributed by atoms with E-state index in [0.717, 1.165) is 0 Å². The second-order valence-corrected chi connectivity index (χ2v) is 6.59. The second kappa shape index (κ2) is 8.62. The summed E-state index contributed by atoms with van der Waals surface area (Å²) in [7, 11) is 0. The van der Waals surface area contributed by atoms with Crippen LogP contribution in [0.1, 0.15) is 5.56 Å². The molecule has 0 radical (unpaired) electrons. The van der Waals surface area contributed by atoms with E-state index in [1.54, 1.807) is 42.5 Å². The number of carbonyl (C=O) groups is 1. The number of amides is 1. The average Bonchev–Trinajstić information content (AvgIpc) is 3.29. The number of aromatic nitrogens is 1. The van der Waals surface area contributed by atoms with Crippen LogP contribution < -0.4 is 15.6 Å². The van der Waals surface area contributed by atoms with Crippen molar-refractivity contribution in [3.63, 3.8) is 0 Å². The van der Waals surface area contributed by atoms with Crippen LogP contribution in [-0.4, -0.2) is 23.9 Å². The molecule has 0 saturated carbocycles. The molecular weight excluding hydrogens is 410 g/mol. The summed E-state index contributed by atoms with van der Waals surface area (Å²) in [5.41, 5.74) is 4.05. The molecule has 0 atom stereocenters. The Morgan fingerprint density at radius 2 is 2.10 bits per heavy atom. The monoisotopic (exact) mass is 423 g/mol. The molecule has 1 amide bonds. The molecule has 0 spiro atoms. The molecule has 0 bridgehead atoms. The van der Waals surface area contributed by atoms with E-state index in [-0.39, 0.29) is 17.6 Å². The number of hydrogen-bond acceptors (Lipinski definition) is 7. The highest BCUT2D eigenvalue weighted by atomic mass is 35.5. The zero-order valence-electron chi connectivity index (χ0n) is 15.4. The third kappa shape index (κ3) is 4.23. The largest absolute Gasteiger partial charge is 0.483 e. The number of hydrogen-bond donors (Lipinski definition) is 1. The number of nitrogens with zero attached hydrogens (tertiary/aromatic N) is 2. The van der Waals surface area contributed by atoms with Crippen LogP contribution in [0.15, 0.2) is 80.0 Å². The molecule has 0 aliphatic heterocycles. The number of nitrogens with one attached hydrogen (secondary N) is 1. The van der Waals surface area contributed by atoms with Crippen molar-refractivity contribution in [3.05, 3.63) is 82.0 Å². The number of para-hydroxylation sites is 1. The highest BCUT2D eigenvalue weighted by Crippen LogP contribution is 2.32. The van der Waals surface area contributed by atoms with E-state index in [1.807, 2.05) is 0 Å². The summed E-state index contributed by atoms with van der Waals surface area (Å²) in [6.45, 7) is -0.302. The number of halogens is 1. The topological polar surface area (TPSA) is 107 Å². The Labute approximate surface area is 174 Å². The third-order valence-electron chi connectivity index (χ3n) is 4.14. The van der Waals surface area contributed by atoms with Crippen molar-refractivity contribution < 1.29 is 18.5 Å². The van der Waals surface area contributed by atoms with E-state index >= 15 is 0 Å². The Balaban J connectivity index is 1.41. The number of rotatable bonds is 6. The lowest BCUT2D eigenvalue weighted by Crippen LogP contribution is -2.25. The molecule has 4 rings (SSSR count). The van der Waals surface area contributed by atoms with E-state index in [2.05, 4.69) is 15.7 Å². The summed E-state index contributed by atoms with van der Waals surface area (Å²) < 4.78 is 15.8. The third-order valence-corrected chi connectivity index (χ3v) is 4.38. The standard InChI is InChI=1S/C21H14ClN3O5/c22-15-5-6-19(17(7-15)13-9-24-30-11-13)29-12-20(26)25-23-8-14-10-28-18-4-2-1-3-16(18)21(14)27/h1-11H,12H2,(H,25,26). The van der Waals surface area contributed by atoms with E-state index < -0.39 is 5.91 Å². The molecule has 0 saturated heterocycles. The van der Waals surface area contributed by atoms with Gasteiger partial charge >= 0.3 is 0 Å². The zero-order valence-corrected chi connectivity index (χ0v) is 16.1. The summed E-state index contributed by atoms with van der Waals surface area (Å²) in [6, 6.07) is 11.8. The van der Waals surface area contributed by atoms with Gasteiger partial charge in [0.25, 0.3) is 5.91 Å². The van der Waals surface area contributed by atoms with Crippen LogP contribution in [0.4, 0.5) is 0 Å². The van der Waals surface area contributed by atoms with Gasteiger partial charge in [-0.3, -0.25) is 9.59 Å². The normalized spacial score (nSPS) is 11.1. The first-order valence-electron chi connectivity index (χ1n) is 8.76. The molecule has 9 heteroatoms. The van der Waals surface area contributed by atoms with Crippen molar-refractivity contribution in [2.24, 2.45) is 5.10 Å². The molecule has 150 valence electrons. The molecule has 0 aliphatic rings. The smallest absolute Gasteiger partial charge is 0.277 e. The van der Waals surface area contributed by atoms with Crippen molar-refractivity contribution in [2.45, 2.75) is 0 Å². The van der Waals surface area contributed by atoms with Gasteiger partial charge in [0.15, 0.2) is 6.61 Å². The van der Waals surface area contributed by atoms with E-state index in [1.165, 1.54) is 24.9 Å². The summed E-state index contributed by atoms with van der Waals surface area (Å²) in [4.78, 5) is 24.4. The molecule has 2 aromatic heterocycles. The quantitative estimate of drug-likeness (QED) is 0.375. The highest BCUT2D eigenvalue weighted by Gasteiger charge is 2.11. The fraction of sp³-hybridized carbons (Fsp3) is 0.0476. The van der Waals surface area contributed by atoms with Gasteiger partial charge in [-0.1, -0.05) is 28.9 Å². The first-order valence-corrected chi connectivity index (χ1v) is 9.14. The molecular formula is C21H14ClN3O5. The van der Waals surface area contributed by atoms with Crippen molar-refractivity contribution >= 4 is 34.7 Å². The van der Waals surface area contributed by atoms with E-state index in [0.29, 0.717) is 32.9 Å². The predicted molar refractivity (Wildman–Crippen MR) is 111 cm³/mol. The molecule has 2 aromatic carbocycles. The summed E-state index contributed by atoms with van der Waals surface area (Å²) in [5.74, 6) is -0.0838. The van der Waals surface area contributed by atoms with Gasteiger partial charge in [0.1, 0.15) is 23.9 Å². The lowest BCUT2D eigenvalue weighted by atomic mass is 10.1. The van der Waals surface area contributed by atoms with Gasteiger partial charge in [0, 0.05) is 16.1 Å². The summed E-state index contributed by atoms with van der Waals surface area (Å²) in [5, 5.41) is 8.38. The number of carbonyl (C=O) groups excluding carboxylic acids is 1. The van der Waals surface area contributed by atoms with Crippen molar-refractivity contribution in [2.75, 3.05) is 6.61 Å². The van der Waals surface area contributed by atoms with Crippen molar-refractivity contribution in [1.29, 1.82) is 0 Å². The lowest BCUT2D eigenvalue weighted by molar-refractivity contribution is -0.123. The molecule has 8 nitrogen and oxygen atoms in total. The average molecular weight is 424 g/mol. The number of ether oxygens (including phenoxy) is 1. The van der Waals surface area contributed by atoms with Gasteiger partial charge in [-0.05, 0) is 30.3 Å². The minimum Gasteiger partial charge on any atom is -0.483 e. The van der Waals surface area contributed by atoms with Crippen molar-refractivity contribution in [1.82, 2.24) is 10.6 Å². The highest BCUT2D eigenvalue weighted by molar-refractivity contribution is 6.31. The van der Waals surface area contributed by atoms with Crippen LogP contribution in [0.5, 0.6) is 5.75 Å². The van der Waals surface area contributed by atoms with Gasteiger partial charge in [-0.25, -0.2) is 5.43 Å². The van der Waals surface area contributed by atoms with Gasteiger partial charge in [-0.2, -0.15) is 5.10 Å². The molecule has 2 heterocycles. The fourth-order valence-electron chi connectivity index (χ4n) is 2.72. The minimum atomic E-state index is -0.511. The number of fused-ring (bicyclic) bond motifs is 1. The van der Waals surface area contributed by atoms with Gasteiger partial charge in [-0.15, -0.1) is 0 Å². The SMILES string of the molecule is O=C(COc1ccc(Cl)cc1-c1cnoc1)NN=Cc1coc2ccccc2c1=O. The maximum Gasteiger partial charge on any atom is 0.277 e. The maximum atomic E-state index is 12.4. The van der Waals surface area contributed by atoms with Crippen molar-refractivity contribution in [3.8, 4) is 16.9 Å². The minimum absolute atomic E-state index is 0.211. The molecule has 0 aliphatic carbocycles. The second-order valence-electron chi connectivity index (χ2n) is 6.15. The van der Waals surface area contributed by atoms with Crippen LogP contribution in [0, 0.1) is 0 Å². The molecule has 0 fully saturated rings. The van der Waals surface area contributed by atoms with Gasteiger partial charge in [0.2, 0.25) is 5.43 Å². The van der Waals surface area contributed by atoms with Crippen LogP contribution >= 0.6 is 11.6 Å². The van der Waals surface area contributed by atoms with Gasteiger partial charge in [0.05, 0.1) is 23.4 Å². The van der Waals surface area contributed by atoms with Gasteiger partial charge < -0.3 is 13.7 Å². The van der Waals surface area contributed by atoms with E-state index in [9.17, 15) is 9.59 Å². The number of hydrazone groups is 1. The Bertz CT molecular complexity index is 1280. The Kier molecular flexibility index (Phi) is 5.58.